The molecule has 0 saturated carbocycles. The highest BCUT2D eigenvalue weighted by Gasteiger charge is 2.29. The molecule has 1 atom stereocenters. The summed E-state index contributed by atoms with van der Waals surface area (Å²) in [5.41, 5.74) is 8.27. The van der Waals surface area contributed by atoms with Gasteiger partial charge in [0, 0.05) is 18.7 Å². The Bertz CT molecular complexity index is 814. The van der Waals surface area contributed by atoms with E-state index in [4.69, 9.17) is 20.5 Å². The van der Waals surface area contributed by atoms with Gasteiger partial charge in [-0.3, -0.25) is 5.41 Å². The molecule has 2 heterocycles. The Labute approximate surface area is 165 Å². The van der Waals surface area contributed by atoms with Crippen molar-refractivity contribution in [3.8, 4) is 11.4 Å². The van der Waals surface area contributed by atoms with Crippen LogP contribution in [0.2, 0.25) is 0 Å². The first-order valence-corrected chi connectivity index (χ1v) is 9.78. The highest BCUT2D eigenvalue weighted by atomic mass is 16.6. The van der Waals surface area contributed by atoms with Crippen molar-refractivity contribution in [2.24, 2.45) is 10.9 Å². The molecular formula is C20H28N6O2. The Morgan fingerprint density at radius 2 is 2.14 bits per heavy atom. The number of benzene rings is 1. The van der Waals surface area contributed by atoms with Gasteiger partial charge in [0.2, 0.25) is 11.7 Å². The van der Waals surface area contributed by atoms with E-state index in [1.807, 2.05) is 36.1 Å². The van der Waals surface area contributed by atoms with Gasteiger partial charge in [-0.1, -0.05) is 54.3 Å². The molecule has 1 fully saturated rings. The summed E-state index contributed by atoms with van der Waals surface area (Å²) < 4.78 is 5.45. The summed E-state index contributed by atoms with van der Waals surface area (Å²) in [7, 11) is 0. The number of aromatic nitrogens is 2. The van der Waals surface area contributed by atoms with Gasteiger partial charge in [-0.25, -0.2) is 0 Å². The number of guanidine groups is 1. The molecule has 0 spiro atoms. The third-order valence-electron chi connectivity index (χ3n) is 4.92. The predicted octanol–water partition coefficient (Wildman–Crippen LogP) is 3.35. The van der Waals surface area contributed by atoms with Crippen molar-refractivity contribution >= 4 is 11.7 Å². The van der Waals surface area contributed by atoms with Gasteiger partial charge in [0.25, 0.3) is 0 Å². The van der Waals surface area contributed by atoms with Gasteiger partial charge in [-0.15, -0.1) is 0 Å². The first-order valence-electron chi connectivity index (χ1n) is 9.78. The maximum atomic E-state index is 7.53. The van der Waals surface area contributed by atoms with Crippen LogP contribution in [0.4, 0.5) is 0 Å². The van der Waals surface area contributed by atoms with Crippen molar-refractivity contribution in [1.29, 1.82) is 5.41 Å². The maximum Gasteiger partial charge on any atom is 0.231 e. The van der Waals surface area contributed by atoms with Gasteiger partial charge in [0.1, 0.15) is 6.61 Å². The van der Waals surface area contributed by atoms with Gasteiger partial charge in [-0.05, 0) is 25.3 Å². The zero-order chi connectivity index (χ0) is 19.9. The summed E-state index contributed by atoms with van der Waals surface area (Å²) >= 11 is 0. The molecule has 1 aliphatic heterocycles. The number of hydrogen-bond acceptors (Lipinski definition) is 6. The molecule has 1 aliphatic rings. The second kappa shape index (κ2) is 9.34. The molecule has 150 valence electrons. The molecule has 0 unspecified atom stereocenters. The lowest BCUT2D eigenvalue weighted by Crippen LogP contribution is -2.34. The second-order valence-electron chi connectivity index (χ2n) is 7.07. The molecule has 0 radical (unpaired) electrons. The van der Waals surface area contributed by atoms with E-state index >= 15 is 0 Å². The average molecular weight is 384 g/mol. The zero-order valence-electron chi connectivity index (χ0n) is 16.5. The Kier molecular flexibility index (Phi) is 6.62. The van der Waals surface area contributed by atoms with Crippen LogP contribution in [-0.2, 0) is 4.84 Å². The fraction of sp³-hybridized carbons (Fsp3) is 0.500. The highest BCUT2D eigenvalue weighted by Crippen LogP contribution is 2.27. The average Bonchev–Trinajstić information content (AvgIpc) is 3.37. The standard InChI is InChI=1S/C20H28N6O2/c1-3-4-5-12-27-24-14(2)15-6-8-16(9-7-15)18-23-19(28-25-18)17-10-11-26(13-17)20(21)22/h6-9,17H,3-5,10-13H2,1-2H3,(H3,21,22)/t17-/m1/s1. The van der Waals surface area contributed by atoms with E-state index in [-0.39, 0.29) is 11.9 Å². The number of nitrogens with zero attached hydrogens (tertiary/aromatic N) is 4. The third-order valence-corrected chi connectivity index (χ3v) is 4.92. The quantitative estimate of drug-likeness (QED) is 0.312. The fourth-order valence-corrected chi connectivity index (χ4v) is 3.17. The zero-order valence-corrected chi connectivity index (χ0v) is 16.5. The molecule has 3 rings (SSSR count). The Morgan fingerprint density at radius 1 is 1.36 bits per heavy atom. The van der Waals surface area contributed by atoms with E-state index in [0.29, 0.717) is 24.9 Å². The second-order valence-corrected chi connectivity index (χ2v) is 7.07. The van der Waals surface area contributed by atoms with Crippen LogP contribution in [0.25, 0.3) is 11.4 Å². The molecule has 8 heteroatoms. The van der Waals surface area contributed by atoms with E-state index in [2.05, 4.69) is 22.2 Å². The Morgan fingerprint density at radius 3 is 2.82 bits per heavy atom. The van der Waals surface area contributed by atoms with Gasteiger partial charge in [-0.2, -0.15) is 4.98 Å². The molecule has 0 aliphatic carbocycles. The molecule has 2 aromatic rings. The molecule has 1 saturated heterocycles. The first-order chi connectivity index (χ1) is 13.6. The van der Waals surface area contributed by atoms with Crippen LogP contribution >= 0.6 is 0 Å². The number of likely N-dealkylation sites (tertiary alicyclic amines) is 1. The van der Waals surface area contributed by atoms with Crippen molar-refractivity contribution in [1.82, 2.24) is 15.0 Å². The van der Waals surface area contributed by atoms with Crippen LogP contribution in [0.1, 0.15) is 56.9 Å². The minimum atomic E-state index is 0.0872. The van der Waals surface area contributed by atoms with Crippen molar-refractivity contribution < 1.29 is 9.36 Å². The van der Waals surface area contributed by atoms with Crippen LogP contribution in [0.15, 0.2) is 33.9 Å². The minimum Gasteiger partial charge on any atom is -0.396 e. The van der Waals surface area contributed by atoms with Gasteiger partial charge in [0.05, 0.1) is 11.6 Å². The van der Waals surface area contributed by atoms with Crippen molar-refractivity contribution in [2.45, 2.75) is 45.4 Å². The van der Waals surface area contributed by atoms with Gasteiger partial charge >= 0.3 is 0 Å². The van der Waals surface area contributed by atoms with Crippen LogP contribution in [-0.4, -0.2) is 46.4 Å². The van der Waals surface area contributed by atoms with Crippen LogP contribution in [0.3, 0.4) is 0 Å². The number of oxime groups is 1. The summed E-state index contributed by atoms with van der Waals surface area (Å²) in [4.78, 5) is 11.7. The Hall–Kier alpha value is -2.90. The number of nitrogens with two attached hydrogens (primary N) is 1. The lowest BCUT2D eigenvalue weighted by atomic mass is 10.1. The molecule has 28 heavy (non-hydrogen) atoms. The summed E-state index contributed by atoms with van der Waals surface area (Å²) in [5, 5.41) is 15.8. The molecule has 0 amide bonds. The van der Waals surface area contributed by atoms with Crippen molar-refractivity contribution in [3.05, 3.63) is 35.7 Å². The Balaban J connectivity index is 1.60. The summed E-state index contributed by atoms with van der Waals surface area (Å²) in [6.45, 7) is 6.13. The lowest BCUT2D eigenvalue weighted by molar-refractivity contribution is 0.140. The van der Waals surface area contributed by atoms with Gasteiger partial charge < -0.3 is 20.0 Å². The van der Waals surface area contributed by atoms with Crippen LogP contribution < -0.4 is 5.73 Å². The van der Waals surface area contributed by atoms with E-state index in [0.717, 1.165) is 42.6 Å². The normalized spacial score (nSPS) is 17.1. The summed E-state index contributed by atoms with van der Waals surface area (Å²) in [5.74, 6) is 1.36. The summed E-state index contributed by atoms with van der Waals surface area (Å²) in [6, 6.07) is 7.87. The van der Waals surface area contributed by atoms with E-state index in [1.54, 1.807) is 0 Å². The van der Waals surface area contributed by atoms with E-state index in [1.165, 1.54) is 6.42 Å². The monoisotopic (exact) mass is 384 g/mol. The molecule has 1 aromatic heterocycles. The number of rotatable bonds is 8. The van der Waals surface area contributed by atoms with Crippen molar-refractivity contribution in [2.75, 3.05) is 19.7 Å². The fourth-order valence-electron chi connectivity index (χ4n) is 3.17. The summed E-state index contributed by atoms with van der Waals surface area (Å²) in [6.07, 6.45) is 4.20. The molecule has 8 nitrogen and oxygen atoms in total. The van der Waals surface area contributed by atoms with Gasteiger partial charge in [0.15, 0.2) is 5.96 Å². The van der Waals surface area contributed by atoms with E-state index in [9.17, 15) is 0 Å². The molecule has 1 aromatic carbocycles. The number of unbranched alkanes of at least 4 members (excludes halogenated alkanes) is 2. The smallest absolute Gasteiger partial charge is 0.231 e. The molecular weight excluding hydrogens is 356 g/mol. The number of hydrogen-bond donors (Lipinski definition) is 2. The molecule has 3 N–H and O–H groups in total. The topological polar surface area (TPSA) is 114 Å². The predicted molar refractivity (Wildman–Crippen MR) is 108 cm³/mol. The van der Waals surface area contributed by atoms with Crippen LogP contribution in [0.5, 0.6) is 0 Å². The largest absolute Gasteiger partial charge is 0.396 e. The third kappa shape index (κ3) is 4.88. The first kappa shape index (κ1) is 19.9. The minimum absolute atomic E-state index is 0.0872. The maximum absolute atomic E-state index is 7.53. The SMILES string of the molecule is CCCCCON=C(C)c1ccc(-c2noc([C@@H]3CCN(C(=N)N)C3)n2)cc1. The van der Waals surface area contributed by atoms with Crippen molar-refractivity contribution in [3.63, 3.8) is 0 Å². The molecule has 0 bridgehead atoms. The highest BCUT2D eigenvalue weighted by molar-refractivity contribution is 5.98. The van der Waals surface area contributed by atoms with Crippen LogP contribution in [0, 0.1) is 5.41 Å². The van der Waals surface area contributed by atoms with E-state index < -0.39 is 0 Å². The number of nitrogens with one attached hydrogen (secondary N) is 1. The lowest BCUT2D eigenvalue weighted by Gasteiger charge is -2.14.